The number of phenols is 1. The molecule has 3 saturated heterocycles. The van der Waals surface area contributed by atoms with Gasteiger partial charge < -0.3 is 20.1 Å². The largest absolute Gasteiger partial charge is 0.503 e. The van der Waals surface area contributed by atoms with E-state index < -0.39 is 46.6 Å². The summed E-state index contributed by atoms with van der Waals surface area (Å²) < 4.78 is 53.3. The van der Waals surface area contributed by atoms with Crippen molar-refractivity contribution in [3.8, 4) is 5.75 Å². The van der Waals surface area contributed by atoms with Gasteiger partial charge >= 0.3 is 5.69 Å². The molecule has 1 spiro atoms. The van der Waals surface area contributed by atoms with Crippen molar-refractivity contribution in [2.24, 2.45) is 13.0 Å². The Bertz CT molecular complexity index is 2570. The van der Waals surface area contributed by atoms with Crippen LogP contribution in [0.5, 0.6) is 5.75 Å². The van der Waals surface area contributed by atoms with Gasteiger partial charge in [0.05, 0.1) is 40.4 Å². The quantitative estimate of drug-likeness (QED) is 0.148. The molecule has 9 rings (SSSR count). The number of anilines is 1. The molecule has 4 fully saturated rings. The summed E-state index contributed by atoms with van der Waals surface area (Å²) in [6, 6.07) is 12.3. The molecule has 1 aliphatic carbocycles. The number of benzene rings is 3. The van der Waals surface area contributed by atoms with Crippen LogP contribution in [0.4, 0.5) is 18.9 Å². The van der Waals surface area contributed by atoms with Crippen LogP contribution in [0.1, 0.15) is 79.4 Å². The van der Waals surface area contributed by atoms with Crippen LogP contribution in [0.25, 0.3) is 21.9 Å². The van der Waals surface area contributed by atoms with Gasteiger partial charge in [-0.25, -0.2) is 13.6 Å². The number of carbonyl (C=O) groups is 3. The summed E-state index contributed by atoms with van der Waals surface area (Å²) in [6.45, 7) is 4.84. The molecule has 2 aromatic heterocycles. The highest BCUT2D eigenvalue weighted by Crippen LogP contribution is 2.36. The van der Waals surface area contributed by atoms with Crippen molar-refractivity contribution in [1.82, 2.24) is 34.4 Å². The highest BCUT2D eigenvalue weighted by atomic mass is 19.2. The van der Waals surface area contributed by atoms with Gasteiger partial charge in [0.25, 0.3) is 5.91 Å². The SMILES string of the molecule is Cn1c(=O)n(C2CCC(=O)NC2=O)c2ccc(CN3CCOC4(CCN(c5ccc6cn([C@H]7CC[C@H](CNC(=O)c8cc(F)c(O)c(F)c8F)CC7)nc6c5)CC4)C3)cc21. The number of rotatable bonds is 8. The van der Waals surface area contributed by atoms with Crippen LogP contribution in [0.15, 0.2) is 53.5 Å². The summed E-state index contributed by atoms with van der Waals surface area (Å²) in [4.78, 5) is 54.9. The number of aromatic nitrogens is 4. The Balaban J connectivity index is 0.784. The third kappa shape index (κ3) is 7.42. The normalized spacial score (nSPS) is 22.5. The molecule has 316 valence electrons. The number of nitrogens with zero attached hydrogens (tertiary/aromatic N) is 6. The Morgan fingerprint density at radius 2 is 1.75 bits per heavy atom. The standard InChI is InChI=1S/C43H47F3N8O6/c1-50-35-18-26(4-9-33(35)54(42(50)59)34-10-11-36(55)48-41(34)58)22-51-16-17-60-43(24-51)12-14-52(15-13-43)29-8-5-27-23-53(49-32(27)19-29)28-6-2-25(3-7-28)21-47-40(57)30-20-31(44)39(56)38(46)37(30)45/h4-5,8-9,18-20,23,25,28,34,56H,2-3,6-7,10-17,21-22,24H2,1H3,(H,47,57)(H,48,55,58)/t25-,28-,34?. The Labute approximate surface area is 342 Å². The topological polar surface area (TPSA) is 156 Å². The van der Waals surface area contributed by atoms with Gasteiger partial charge in [-0.05, 0) is 92.8 Å². The number of amides is 3. The lowest BCUT2D eigenvalue weighted by Gasteiger charge is -2.48. The van der Waals surface area contributed by atoms with Gasteiger partial charge in [0, 0.05) is 70.0 Å². The summed E-state index contributed by atoms with van der Waals surface area (Å²) in [6.07, 6.45) is 7.55. The van der Waals surface area contributed by atoms with E-state index in [0.29, 0.717) is 31.2 Å². The number of hydrogen-bond donors (Lipinski definition) is 3. The zero-order valence-corrected chi connectivity index (χ0v) is 33.3. The van der Waals surface area contributed by atoms with E-state index in [9.17, 15) is 37.5 Å². The first-order chi connectivity index (χ1) is 28.9. The molecule has 3 N–H and O–H groups in total. The lowest BCUT2D eigenvalue weighted by atomic mass is 9.86. The summed E-state index contributed by atoms with van der Waals surface area (Å²) in [5.74, 6) is -7.78. The molecule has 60 heavy (non-hydrogen) atoms. The lowest BCUT2D eigenvalue weighted by molar-refractivity contribution is -0.135. The number of aromatic hydroxyl groups is 1. The molecule has 3 aliphatic heterocycles. The molecule has 1 saturated carbocycles. The van der Waals surface area contributed by atoms with Crippen molar-refractivity contribution in [1.29, 1.82) is 0 Å². The summed E-state index contributed by atoms with van der Waals surface area (Å²) in [5, 5.41) is 20.2. The van der Waals surface area contributed by atoms with Gasteiger partial charge in [-0.15, -0.1) is 0 Å². The number of piperidine rings is 2. The van der Waals surface area contributed by atoms with Gasteiger partial charge in [0.15, 0.2) is 17.4 Å². The number of imidazole rings is 1. The van der Waals surface area contributed by atoms with E-state index in [1.165, 1.54) is 4.57 Å². The third-order valence-electron chi connectivity index (χ3n) is 13.1. The summed E-state index contributed by atoms with van der Waals surface area (Å²) in [5.41, 5.74) is 3.21. The van der Waals surface area contributed by atoms with Gasteiger partial charge in [-0.2, -0.15) is 9.49 Å². The number of hydrogen-bond acceptors (Lipinski definition) is 9. The highest BCUT2D eigenvalue weighted by molar-refractivity contribution is 6.00. The van der Waals surface area contributed by atoms with Crippen molar-refractivity contribution in [2.45, 2.75) is 75.6 Å². The molecule has 4 aliphatic rings. The predicted octanol–water partition coefficient (Wildman–Crippen LogP) is 4.82. The van der Waals surface area contributed by atoms with Crippen molar-refractivity contribution >= 4 is 45.3 Å². The van der Waals surface area contributed by atoms with Crippen LogP contribution in [0.2, 0.25) is 0 Å². The number of morpholine rings is 1. The zero-order chi connectivity index (χ0) is 41.9. The average Bonchev–Trinajstić information content (AvgIpc) is 3.78. The molecule has 3 amide bonds. The first-order valence-corrected chi connectivity index (χ1v) is 20.6. The number of halogens is 3. The Kier molecular flexibility index (Phi) is 10.4. The van der Waals surface area contributed by atoms with Gasteiger partial charge in [0.1, 0.15) is 6.04 Å². The molecule has 5 aromatic rings. The first-order valence-electron chi connectivity index (χ1n) is 20.6. The number of fused-ring (bicyclic) bond motifs is 2. The number of aryl methyl sites for hydroxylation is 1. The zero-order valence-electron chi connectivity index (χ0n) is 33.3. The maximum atomic E-state index is 14.2. The molecule has 0 bridgehead atoms. The fraction of sp³-hybridized carbons (Fsp3) is 0.465. The Hall–Kier alpha value is -5.68. The maximum absolute atomic E-state index is 14.2. The summed E-state index contributed by atoms with van der Waals surface area (Å²) in [7, 11) is 1.71. The van der Waals surface area contributed by atoms with Crippen molar-refractivity contribution < 1.29 is 37.4 Å². The van der Waals surface area contributed by atoms with E-state index in [-0.39, 0.29) is 42.1 Å². The Morgan fingerprint density at radius 3 is 2.52 bits per heavy atom. The second kappa shape index (κ2) is 15.7. The molecule has 1 atom stereocenters. The van der Waals surface area contributed by atoms with Crippen LogP contribution in [-0.2, 0) is 27.9 Å². The third-order valence-corrected chi connectivity index (χ3v) is 13.1. The Morgan fingerprint density at radius 1 is 0.967 bits per heavy atom. The van der Waals surface area contributed by atoms with Crippen molar-refractivity contribution in [3.63, 3.8) is 0 Å². The van der Waals surface area contributed by atoms with Gasteiger partial charge in [0.2, 0.25) is 17.6 Å². The first kappa shape index (κ1) is 39.8. The fourth-order valence-electron chi connectivity index (χ4n) is 9.63. The average molecular weight is 829 g/mol. The van der Waals surface area contributed by atoms with Crippen LogP contribution in [0, 0.1) is 23.4 Å². The molecule has 5 heterocycles. The van der Waals surface area contributed by atoms with E-state index in [1.54, 1.807) is 11.6 Å². The van der Waals surface area contributed by atoms with E-state index in [2.05, 4.69) is 44.8 Å². The number of phenolic OH excluding ortho intramolecular Hbond substituents is 1. The van der Waals surface area contributed by atoms with E-state index >= 15 is 0 Å². The highest BCUT2D eigenvalue weighted by Gasteiger charge is 2.40. The second-order valence-electron chi connectivity index (χ2n) is 16.9. The van der Waals surface area contributed by atoms with Crippen LogP contribution >= 0.6 is 0 Å². The monoisotopic (exact) mass is 828 g/mol. The minimum atomic E-state index is -1.78. The minimum Gasteiger partial charge on any atom is -0.503 e. The van der Waals surface area contributed by atoms with Crippen molar-refractivity contribution in [3.05, 3.63) is 87.7 Å². The van der Waals surface area contributed by atoms with Gasteiger partial charge in [-0.1, -0.05) is 6.07 Å². The molecule has 3 aromatic carbocycles. The molecule has 14 nitrogen and oxygen atoms in total. The molecular weight excluding hydrogens is 782 g/mol. The lowest BCUT2D eigenvalue weighted by Crippen LogP contribution is -2.56. The van der Waals surface area contributed by atoms with E-state index in [0.717, 1.165) is 92.4 Å². The van der Waals surface area contributed by atoms with Gasteiger partial charge in [-0.3, -0.25) is 38.4 Å². The number of nitrogens with one attached hydrogen (secondary N) is 2. The number of carbonyl (C=O) groups excluding carboxylic acids is 3. The van der Waals surface area contributed by atoms with Crippen LogP contribution in [0.3, 0.4) is 0 Å². The number of ether oxygens (including phenoxy) is 1. The number of imide groups is 1. The van der Waals surface area contributed by atoms with Crippen LogP contribution < -0.4 is 21.2 Å². The maximum Gasteiger partial charge on any atom is 0.329 e. The van der Waals surface area contributed by atoms with Crippen molar-refractivity contribution in [2.75, 3.05) is 44.2 Å². The van der Waals surface area contributed by atoms with Crippen LogP contribution in [-0.4, -0.2) is 91.6 Å². The fourth-order valence-corrected chi connectivity index (χ4v) is 9.63. The van der Waals surface area contributed by atoms with E-state index in [4.69, 9.17) is 9.84 Å². The minimum absolute atomic E-state index is 0.118. The molecule has 17 heteroatoms. The van der Waals surface area contributed by atoms with E-state index in [1.807, 2.05) is 22.9 Å². The summed E-state index contributed by atoms with van der Waals surface area (Å²) >= 11 is 0. The predicted molar refractivity (Wildman–Crippen MR) is 215 cm³/mol. The second-order valence-corrected chi connectivity index (χ2v) is 16.9. The molecular formula is C43H47F3N8O6. The molecule has 0 radical (unpaired) electrons. The molecule has 1 unspecified atom stereocenters. The smallest absolute Gasteiger partial charge is 0.329 e.